The van der Waals surface area contributed by atoms with Crippen LogP contribution in [0, 0.1) is 6.92 Å². The number of nitrogens with zero attached hydrogens (tertiary/aromatic N) is 1. The zero-order valence-electron chi connectivity index (χ0n) is 7.17. The number of nitrogens with one attached hydrogen (secondary N) is 1. The van der Waals surface area contributed by atoms with Gasteiger partial charge in [0, 0.05) is 13.1 Å². The van der Waals surface area contributed by atoms with Crippen LogP contribution < -0.4 is 10.4 Å². The molecule has 1 heterocycles. The van der Waals surface area contributed by atoms with Gasteiger partial charge in [0.1, 0.15) is 0 Å². The van der Waals surface area contributed by atoms with Gasteiger partial charge in [0.25, 0.3) is 0 Å². The molecule has 12 heavy (non-hydrogen) atoms. The van der Waals surface area contributed by atoms with Crippen LogP contribution in [-0.4, -0.2) is 18.6 Å². The Kier molecular flexibility index (Phi) is 2.68. The van der Waals surface area contributed by atoms with Gasteiger partial charge >= 0.3 is 0 Å². The maximum absolute atomic E-state index is 3.24. The first-order chi connectivity index (χ1) is 5.38. The van der Waals surface area contributed by atoms with Crippen molar-refractivity contribution in [1.29, 1.82) is 0 Å². The van der Waals surface area contributed by atoms with E-state index in [4.69, 9.17) is 0 Å². The number of hydrogen-bond donors (Lipinski definition) is 1. The molecule has 0 aromatic heterocycles. The minimum Gasteiger partial charge on any atom is -0.412 e. The molecule has 1 aromatic carbocycles. The topological polar surface area (TPSA) is 46.8 Å². The molecule has 1 aliphatic rings. The monoisotopic (exact) mass is 166 g/mol. The summed E-state index contributed by atoms with van der Waals surface area (Å²) in [7, 11) is 0. The molecule has 1 fully saturated rings. The SMILES string of the molecule is Cc1ccccc1N1CCN1.O. The van der Waals surface area contributed by atoms with E-state index in [0.717, 1.165) is 13.1 Å². The van der Waals surface area contributed by atoms with E-state index in [1.165, 1.54) is 11.3 Å². The molecule has 1 aliphatic heterocycles. The Hall–Kier alpha value is -1.06. The van der Waals surface area contributed by atoms with Gasteiger partial charge in [0.15, 0.2) is 0 Å². The third-order valence-corrected chi connectivity index (χ3v) is 2.04. The first-order valence-electron chi connectivity index (χ1n) is 3.94. The van der Waals surface area contributed by atoms with Crippen molar-refractivity contribution in [3.8, 4) is 0 Å². The second-order valence-electron chi connectivity index (χ2n) is 2.85. The van der Waals surface area contributed by atoms with Crippen LogP contribution >= 0.6 is 0 Å². The molecule has 2 rings (SSSR count). The molecule has 1 aromatic rings. The molecule has 0 amide bonds. The lowest BCUT2D eigenvalue weighted by molar-refractivity contribution is 0.514. The van der Waals surface area contributed by atoms with Gasteiger partial charge in [-0.3, -0.25) is 0 Å². The number of rotatable bonds is 1. The molecule has 1 saturated heterocycles. The van der Waals surface area contributed by atoms with Crippen LogP contribution in [0.2, 0.25) is 0 Å². The average molecular weight is 166 g/mol. The lowest BCUT2D eigenvalue weighted by atomic mass is 10.2. The summed E-state index contributed by atoms with van der Waals surface area (Å²) >= 11 is 0. The summed E-state index contributed by atoms with van der Waals surface area (Å²) in [5.41, 5.74) is 5.87. The first kappa shape index (κ1) is 9.03. The highest BCUT2D eigenvalue weighted by atomic mass is 16.0. The molecule has 0 bridgehead atoms. The van der Waals surface area contributed by atoms with E-state index >= 15 is 0 Å². The van der Waals surface area contributed by atoms with Gasteiger partial charge < -0.3 is 10.5 Å². The highest BCUT2D eigenvalue weighted by molar-refractivity contribution is 5.53. The van der Waals surface area contributed by atoms with Gasteiger partial charge in [-0.2, -0.15) is 0 Å². The largest absolute Gasteiger partial charge is 0.412 e. The van der Waals surface area contributed by atoms with Crippen LogP contribution in [0.5, 0.6) is 0 Å². The van der Waals surface area contributed by atoms with Crippen LogP contribution in [0.3, 0.4) is 0 Å². The standard InChI is InChI=1S/C9H12N2.H2O/c1-8-4-2-3-5-9(8)11-7-6-10-11;/h2-5,10H,6-7H2,1H3;1H2. The van der Waals surface area contributed by atoms with Crippen molar-refractivity contribution >= 4 is 5.69 Å². The van der Waals surface area contributed by atoms with E-state index in [9.17, 15) is 0 Å². The van der Waals surface area contributed by atoms with Crippen LogP contribution in [-0.2, 0) is 0 Å². The maximum Gasteiger partial charge on any atom is 0.0549 e. The van der Waals surface area contributed by atoms with E-state index in [2.05, 4.69) is 41.6 Å². The third-order valence-electron chi connectivity index (χ3n) is 2.04. The summed E-state index contributed by atoms with van der Waals surface area (Å²) in [4.78, 5) is 0. The van der Waals surface area contributed by atoms with Crippen molar-refractivity contribution in [1.82, 2.24) is 5.43 Å². The van der Waals surface area contributed by atoms with Gasteiger partial charge in [-0.1, -0.05) is 18.2 Å². The smallest absolute Gasteiger partial charge is 0.0549 e. The Balaban J connectivity index is 0.000000720. The van der Waals surface area contributed by atoms with Gasteiger partial charge in [-0.05, 0) is 18.6 Å². The van der Waals surface area contributed by atoms with E-state index < -0.39 is 0 Å². The fourth-order valence-electron chi connectivity index (χ4n) is 1.30. The molecule has 0 atom stereocenters. The normalized spacial score (nSPS) is 14.9. The van der Waals surface area contributed by atoms with Crippen molar-refractivity contribution in [2.75, 3.05) is 18.1 Å². The van der Waals surface area contributed by atoms with Crippen molar-refractivity contribution in [2.45, 2.75) is 6.92 Å². The molecule has 66 valence electrons. The number of aryl methyl sites for hydroxylation is 1. The number of hydrogen-bond acceptors (Lipinski definition) is 2. The number of para-hydroxylation sites is 1. The van der Waals surface area contributed by atoms with Gasteiger partial charge in [-0.25, -0.2) is 5.43 Å². The Morgan fingerprint density at radius 2 is 2.00 bits per heavy atom. The second kappa shape index (κ2) is 3.56. The summed E-state index contributed by atoms with van der Waals surface area (Å²) in [6.45, 7) is 4.37. The predicted octanol–water partition coefficient (Wildman–Crippen LogP) is 0.495. The van der Waals surface area contributed by atoms with Crippen molar-refractivity contribution < 1.29 is 5.48 Å². The molecular weight excluding hydrogens is 152 g/mol. The summed E-state index contributed by atoms with van der Waals surface area (Å²) in [5.74, 6) is 0. The quantitative estimate of drug-likeness (QED) is 0.660. The fraction of sp³-hybridized carbons (Fsp3) is 0.333. The summed E-state index contributed by atoms with van der Waals surface area (Å²) in [6.07, 6.45) is 0. The van der Waals surface area contributed by atoms with Crippen LogP contribution in [0.25, 0.3) is 0 Å². The zero-order valence-corrected chi connectivity index (χ0v) is 7.17. The Labute approximate surface area is 72.3 Å². The highest BCUT2D eigenvalue weighted by Crippen LogP contribution is 2.19. The fourth-order valence-corrected chi connectivity index (χ4v) is 1.30. The van der Waals surface area contributed by atoms with Gasteiger partial charge in [0.2, 0.25) is 0 Å². The van der Waals surface area contributed by atoms with Crippen LogP contribution in [0.15, 0.2) is 24.3 Å². The minimum atomic E-state index is 0. The summed E-state index contributed by atoms with van der Waals surface area (Å²) < 4.78 is 0. The second-order valence-corrected chi connectivity index (χ2v) is 2.85. The van der Waals surface area contributed by atoms with Crippen molar-refractivity contribution in [3.63, 3.8) is 0 Å². The zero-order chi connectivity index (χ0) is 7.68. The summed E-state index contributed by atoms with van der Waals surface area (Å²) in [5, 5.41) is 2.18. The molecule has 3 heteroatoms. The van der Waals surface area contributed by atoms with Gasteiger partial charge in [-0.15, -0.1) is 0 Å². The molecule has 0 aliphatic carbocycles. The van der Waals surface area contributed by atoms with Crippen LogP contribution in [0.4, 0.5) is 5.69 Å². The lowest BCUT2D eigenvalue weighted by Crippen LogP contribution is -2.54. The Morgan fingerprint density at radius 3 is 2.50 bits per heavy atom. The highest BCUT2D eigenvalue weighted by Gasteiger charge is 2.14. The first-order valence-corrected chi connectivity index (χ1v) is 3.94. The van der Waals surface area contributed by atoms with Crippen molar-refractivity contribution in [3.05, 3.63) is 29.8 Å². The average Bonchev–Trinajstić information content (AvgIpc) is 1.90. The van der Waals surface area contributed by atoms with Crippen LogP contribution in [0.1, 0.15) is 5.56 Å². The number of benzene rings is 1. The molecule has 0 unspecified atom stereocenters. The summed E-state index contributed by atoms with van der Waals surface area (Å²) in [6, 6.07) is 8.41. The number of hydrazine groups is 1. The molecule has 0 radical (unpaired) electrons. The maximum atomic E-state index is 3.24. The van der Waals surface area contributed by atoms with Crippen molar-refractivity contribution in [2.24, 2.45) is 0 Å². The van der Waals surface area contributed by atoms with E-state index in [-0.39, 0.29) is 5.48 Å². The molecule has 0 saturated carbocycles. The Bertz CT molecular complexity index is 258. The minimum absolute atomic E-state index is 0. The van der Waals surface area contributed by atoms with Gasteiger partial charge in [0.05, 0.1) is 5.69 Å². The molecular formula is C9H14N2O. The number of anilines is 1. The molecule has 0 spiro atoms. The molecule has 3 nitrogen and oxygen atoms in total. The van der Waals surface area contributed by atoms with E-state index in [1.54, 1.807) is 0 Å². The van der Waals surface area contributed by atoms with E-state index in [1.807, 2.05) is 0 Å². The predicted molar refractivity (Wildman–Crippen MR) is 50.1 cm³/mol. The van der Waals surface area contributed by atoms with E-state index in [0.29, 0.717) is 0 Å². The molecule has 3 N–H and O–H groups in total. The Morgan fingerprint density at radius 1 is 1.33 bits per heavy atom. The third kappa shape index (κ3) is 1.42. The lowest BCUT2D eigenvalue weighted by Gasteiger charge is -2.35.